The summed E-state index contributed by atoms with van der Waals surface area (Å²) in [6.45, 7) is 9.54. The first-order valence-electron chi connectivity index (χ1n) is 11.1. The molecule has 1 heterocycles. The third-order valence-corrected chi connectivity index (χ3v) is 7.92. The van der Waals surface area contributed by atoms with Gasteiger partial charge in [-0.2, -0.15) is 0 Å². The van der Waals surface area contributed by atoms with Gasteiger partial charge in [-0.15, -0.1) is 0 Å². The van der Waals surface area contributed by atoms with E-state index in [9.17, 15) is 4.79 Å². The van der Waals surface area contributed by atoms with Crippen LogP contribution in [-0.4, -0.2) is 5.91 Å². The van der Waals surface area contributed by atoms with E-state index in [2.05, 4.69) is 80.0 Å². The van der Waals surface area contributed by atoms with Crippen LogP contribution in [0.5, 0.6) is 0 Å². The first-order valence-corrected chi connectivity index (χ1v) is 11.9. The molecule has 4 aromatic rings. The van der Waals surface area contributed by atoms with Crippen molar-refractivity contribution < 1.29 is 4.79 Å². The second-order valence-corrected chi connectivity index (χ2v) is 10.5. The molecule has 0 atom stereocenters. The Morgan fingerprint density at radius 1 is 0.812 bits per heavy atom. The highest BCUT2D eigenvalue weighted by Gasteiger charge is 2.43. The topological polar surface area (TPSA) is 20.3 Å². The van der Waals surface area contributed by atoms with Crippen molar-refractivity contribution in [3.05, 3.63) is 98.5 Å². The number of hydrogen-bond donors (Lipinski definition) is 0. The largest absolute Gasteiger partial charge is 0.304 e. The van der Waals surface area contributed by atoms with Crippen LogP contribution >= 0.6 is 15.9 Å². The summed E-state index contributed by atoms with van der Waals surface area (Å²) >= 11 is 3.51. The van der Waals surface area contributed by atoms with E-state index in [4.69, 9.17) is 0 Å². The zero-order valence-electron chi connectivity index (χ0n) is 18.7. The minimum absolute atomic E-state index is 0.102. The second kappa shape index (κ2) is 6.55. The SMILES string of the molecule is Cc1cc2c(c3c1C(=O)N(c1ccc(Br)cc1)C3)-c1c(cc(C)c3ccccc13)C2(C)C. The van der Waals surface area contributed by atoms with Gasteiger partial charge in [-0.25, -0.2) is 0 Å². The summed E-state index contributed by atoms with van der Waals surface area (Å²) in [5.41, 5.74) is 10.6. The molecular formula is C29H24BrNO. The Hall–Kier alpha value is -2.91. The van der Waals surface area contributed by atoms with Gasteiger partial charge in [0.25, 0.3) is 5.91 Å². The van der Waals surface area contributed by atoms with E-state index < -0.39 is 0 Å². The van der Waals surface area contributed by atoms with Crippen molar-refractivity contribution in [2.75, 3.05) is 4.90 Å². The maximum absolute atomic E-state index is 13.6. The van der Waals surface area contributed by atoms with Crippen LogP contribution in [0.2, 0.25) is 0 Å². The minimum atomic E-state index is -0.104. The van der Waals surface area contributed by atoms with Gasteiger partial charge >= 0.3 is 0 Å². The molecular weight excluding hydrogens is 458 g/mol. The summed E-state index contributed by atoms with van der Waals surface area (Å²) in [6, 6.07) is 21.3. The number of rotatable bonds is 1. The molecule has 1 aliphatic heterocycles. The Balaban J connectivity index is 1.66. The molecule has 0 radical (unpaired) electrons. The summed E-state index contributed by atoms with van der Waals surface area (Å²) in [5.74, 6) is 0.102. The van der Waals surface area contributed by atoms with Crippen LogP contribution in [0, 0.1) is 13.8 Å². The van der Waals surface area contributed by atoms with E-state index >= 15 is 0 Å². The fourth-order valence-corrected chi connectivity index (χ4v) is 6.04. The van der Waals surface area contributed by atoms with Gasteiger partial charge in [0.2, 0.25) is 0 Å². The third kappa shape index (κ3) is 2.49. The van der Waals surface area contributed by atoms with E-state index in [1.165, 1.54) is 44.2 Å². The molecule has 0 unspecified atom stereocenters. The predicted octanol–water partition coefficient (Wildman–Crippen LogP) is 7.69. The number of carbonyl (C=O) groups is 1. The number of benzene rings is 4. The number of fused-ring (bicyclic) bond motifs is 7. The summed E-state index contributed by atoms with van der Waals surface area (Å²) < 4.78 is 1.01. The number of anilines is 1. The van der Waals surface area contributed by atoms with E-state index in [1.54, 1.807) is 0 Å². The Bertz CT molecular complexity index is 1460. The van der Waals surface area contributed by atoms with Gasteiger partial charge in [0.1, 0.15) is 0 Å². The van der Waals surface area contributed by atoms with E-state index in [0.717, 1.165) is 21.3 Å². The smallest absolute Gasteiger partial charge is 0.259 e. The predicted molar refractivity (Wildman–Crippen MR) is 136 cm³/mol. The maximum atomic E-state index is 13.6. The van der Waals surface area contributed by atoms with Crippen LogP contribution in [0.1, 0.15) is 52.0 Å². The molecule has 0 spiro atoms. The molecule has 3 heteroatoms. The average molecular weight is 482 g/mol. The Labute approximate surface area is 197 Å². The summed E-state index contributed by atoms with van der Waals surface area (Å²) in [6.07, 6.45) is 0. The lowest BCUT2D eigenvalue weighted by Crippen LogP contribution is -2.23. The number of carbonyl (C=O) groups excluding carboxylic acids is 1. The van der Waals surface area contributed by atoms with Gasteiger partial charge in [-0.05, 0) is 87.8 Å². The quantitative estimate of drug-likeness (QED) is 0.272. The minimum Gasteiger partial charge on any atom is -0.304 e. The lowest BCUT2D eigenvalue weighted by Gasteiger charge is -2.23. The fraction of sp³-hybridized carbons (Fsp3) is 0.207. The molecule has 4 aromatic carbocycles. The maximum Gasteiger partial charge on any atom is 0.259 e. The Morgan fingerprint density at radius 2 is 1.44 bits per heavy atom. The molecule has 0 fully saturated rings. The van der Waals surface area contributed by atoms with Crippen LogP contribution in [0.15, 0.2) is 65.1 Å². The van der Waals surface area contributed by atoms with Crippen LogP contribution in [0.4, 0.5) is 5.69 Å². The molecule has 0 bridgehead atoms. The summed E-state index contributed by atoms with van der Waals surface area (Å²) in [5, 5.41) is 2.58. The third-order valence-electron chi connectivity index (χ3n) is 7.39. The summed E-state index contributed by atoms with van der Waals surface area (Å²) in [7, 11) is 0. The zero-order valence-corrected chi connectivity index (χ0v) is 20.3. The van der Waals surface area contributed by atoms with Crippen LogP contribution in [-0.2, 0) is 12.0 Å². The molecule has 32 heavy (non-hydrogen) atoms. The van der Waals surface area contributed by atoms with E-state index in [1.807, 2.05) is 29.2 Å². The van der Waals surface area contributed by atoms with Gasteiger partial charge in [0, 0.05) is 21.1 Å². The molecule has 0 saturated heterocycles. The Morgan fingerprint density at radius 3 is 2.16 bits per heavy atom. The molecule has 0 aromatic heterocycles. The normalized spacial score (nSPS) is 15.8. The van der Waals surface area contributed by atoms with E-state index in [-0.39, 0.29) is 11.3 Å². The molecule has 2 nitrogen and oxygen atoms in total. The lowest BCUT2D eigenvalue weighted by atomic mass is 9.80. The lowest BCUT2D eigenvalue weighted by molar-refractivity contribution is 0.0996. The number of hydrogen-bond acceptors (Lipinski definition) is 1. The number of nitrogens with zero attached hydrogens (tertiary/aromatic N) is 1. The van der Waals surface area contributed by atoms with Crippen molar-refractivity contribution in [1.82, 2.24) is 0 Å². The first kappa shape index (κ1) is 19.8. The molecule has 0 N–H and O–H groups in total. The van der Waals surface area contributed by atoms with Crippen molar-refractivity contribution in [2.45, 2.75) is 39.7 Å². The standard InChI is InChI=1S/C29H24BrNO/c1-16-13-23-26(21-8-6-5-7-20(16)21)27-22-15-31(19-11-9-18(30)10-12-19)28(32)25(22)17(2)14-24(27)29(23,3)4/h5-14H,15H2,1-4H3. The number of amides is 1. The first-order chi connectivity index (χ1) is 15.3. The number of aryl methyl sites for hydroxylation is 2. The van der Waals surface area contributed by atoms with Crippen molar-refractivity contribution in [3.8, 4) is 11.1 Å². The molecule has 1 aliphatic carbocycles. The fourth-order valence-electron chi connectivity index (χ4n) is 5.78. The van der Waals surface area contributed by atoms with Gasteiger partial charge in [-0.3, -0.25) is 4.79 Å². The molecule has 158 valence electrons. The second-order valence-electron chi connectivity index (χ2n) is 9.62. The highest BCUT2D eigenvalue weighted by molar-refractivity contribution is 9.10. The number of halogens is 1. The highest BCUT2D eigenvalue weighted by Crippen LogP contribution is 2.55. The highest BCUT2D eigenvalue weighted by atomic mass is 79.9. The van der Waals surface area contributed by atoms with E-state index in [0.29, 0.717) is 6.54 Å². The molecule has 2 aliphatic rings. The van der Waals surface area contributed by atoms with Gasteiger partial charge < -0.3 is 4.90 Å². The van der Waals surface area contributed by atoms with Gasteiger partial charge in [0.05, 0.1) is 6.54 Å². The van der Waals surface area contributed by atoms with Crippen molar-refractivity contribution in [2.24, 2.45) is 0 Å². The molecule has 6 rings (SSSR count). The average Bonchev–Trinajstić information content (AvgIpc) is 3.22. The monoisotopic (exact) mass is 481 g/mol. The van der Waals surface area contributed by atoms with Crippen LogP contribution in [0.25, 0.3) is 21.9 Å². The van der Waals surface area contributed by atoms with Gasteiger partial charge in [0.15, 0.2) is 0 Å². The summed E-state index contributed by atoms with van der Waals surface area (Å²) in [4.78, 5) is 15.5. The zero-order chi connectivity index (χ0) is 22.4. The van der Waals surface area contributed by atoms with Gasteiger partial charge in [-0.1, -0.05) is 66.2 Å². The van der Waals surface area contributed by atoms with Crippen molar-refractivity contribution in [3.63, 3.8) is 0 Å². The Kier molecular flexibility index (Phi) is 4.04. The molecule has 0 saturated carbocycles. The van der Waals surface area contributed by atoms with Crippen LogP contribution < -0.4 is 4.90 Å². The van der Waals surface area contributed by atoms with Crippen molar-refractivity contribution in [1.29, 1.82) is 0 Å². The van der Waals surface area contributed by atoms with Crippen LogP contribution in [0.3, 0.4) is 0 Å². The molecule has 1 amide bonds. The van der Waals surface area contributed by atoms with Crippen molar-refractivity contribution >= 4 is 38.3 Å².